The molecule has 0 atom stereocenters. The maximum atomic E-state index is 9.67. The summed E-state index contributed by atoms with van der Waals surface area (Å²) in [7, 11) is 1.63. The van der Waals surface area contributed by atoms with Crippen LogP contribution in [-0.4, -0.2) is 27.8 Å². The Morgan fingerprint density at radius 3 is 2.82 bits per heavy atom. The minimum absolute atomic E-state index is 0.437. The highest BCUT2D eigenvalue weighted by Gasteiger charge is 2.37. The Labute approximate surface area is 102 Å². The van der Waals surface area contributed by atoms with E-state index in [0.717, 1.165) is 37.1 Å². The predicted molar refractivity (Wildman–Crippen MR) is 65.0 cm³/mol. The fourth-order valence-electron chi connectivity index (χ4n) is 2.54. The van der Waals surface area contributed by atoms with Crippen molar-refractivity contribution in [3.8, 4) is 5.88 Å². The molecule has 1 aliphatic rings. The van der Waals surface area contributed by atoms with E-state index in [0.29, 0.717) is 11.8 Å². The van der Waals surface area contributed by atoms with E-state index >= 15 is 0 Å². The third kappa shape index (κ3) is 2.94. The lowest BCUT2D eigenvalue weighted by Crippen LogP contribution is -2.40. The second-order valence-corrected chi connectivity index (χ2v) is 5.28. The highest BCUT2D eigenvalue weighted by molar-refractivity contribution is 5.20. The van der Waals surface area contributed by atoms with Crippen molar-refractivity contribution in [2.24, 2.45) is 5.92 Å². The van der Waals surface area contributed by atoms with E-state index in [-0.39, 0.29) is 0 Å². The van der Waals surface area contributed by atoms with Gasteiger partial charge < -0.3 is 9.84 Å². The molecular formula is C13H20N2O2. The van der Waals surface area contributed by atoms with Crippen LogP contribution in [0.3, 0.4) is 0 Å². The summed E-state index contributed by atoms with van der Waals surface area (Å²) in [6.45, 7) is 3.80. The zero-order valence-corrected chi connectivity index (χ0v) is 10.7. The van der Waals surface area contributed by atoms with Crippen molar-refractivity contribution in [3.05, 3.63) is 17.6 Å². The van der Waals surface area contributed by atoms with E-state index in [4.69, 9.17) is 4.74 Å². The number of ether oxygens (including phenoxy) is 1. The van der Waals surface area contributed by atoms with E-state index in [1.807, 2.05) is 13.8 Å². The van der Waals surface area contributed by atoms with Crippen LogP contribution >= 0.6 is 0 Å². The van der Waals surface area contributed by atoms with Crippen molar-refractivity contribution in [2.75, 3.05) is 7.11 Å². The molecule has 4 heteroatoms. The van der Waals surface area contributed by atoms with Crippen molar-refractivity contribution in [1.82, 2.24) is 9.97 Å². The first-order chi connectivity index (χ1) is 8.00. The molecule has 1 aromatic rings. The Kier molecular flexibility index (Phi) is 3.33. The molecule has 0 unspecified atom stereocenters. The molecule has 0 radical (unpaired) electrons. The van der Waals surface area contributed by atoms with E-state index in [1.165, 1.54) is 0 Å². The highest BCUT2D eigenvalue weighted by Crippen LogP contribution is 2.40. The second-order valence-electron chi connectivity index (χ2n) is 5.28. The SMILES string of the molecule is COc1nc(C)cnc1CCC1CC(C)(O)C1. The summed E-state index contributed by atoms with van der Waals surface area (Å²) in [6, 6.07) is 0. The number of hydrogen-bond donors (Lipinski definition) is 1. The Bertz CT molecular complexity index is 396. The predicted octanol–water partition coefficient (Wildman–Crippen LogP) is 1.89. The lowest BCUT2D eigenvalue weighted by Gasteiger charge is -2.41. The molecule has 0 amide bonds. The third-order valence-corrected chi connectivity index (χ3v) is 3.37. The monoisotopic (exact) mass is 236 g/mol. The average molecular weight is 236 g/mol. The van der Waals surface area contributed by atoms with Gasteiger partial charge in [-0.25, -0.2) is 4.98 Å². The fourth-order valence-corrected chi connectivity index (χ4v) is 2.54. The first-order valence-corrected chi connectivity index (χ1v) is 6.09. The number of rotatable bonds is 4. The molecule has 0 spiro atoms. The van der Waals surface area contributed by atoms with Crippen LogP contribution in [0, 0.1) is 12.8 Å². The smallest absolute Gasteiger partial charge is 0.235 e. The van der Waals surface area contributed by atoms with Crippen LogP contribution in [0.1, 0.15) is 37.6 Å². The highest BCUT2D eigenvalue weighted by atomic mass is 16.5. The van der Waals surface area contributed by atoms with Gasteiger partial charge in [-0.3, -0.25) is 4.98 Å². The largest absolute Gasteiger partial charge is 0.480 e. The average Bonchev–Trinajstić information content (AvgIpc) is 2.24. The molecule has 0 aliphatic heterocycles. The van der Waals surface area contributed by atoms with Crippen LogP contribution in [0.15, 0.2) is 6.20 Å². The second kappa shape index (κ2) is 4.61. The van der Waals surface area contributed by atoms with Crippen LogP contribution in [0.4, 0.5) is 0 Å². The van der Waals surface area contributed by atoms with Crippen molar-refractivity contribution in [3.63, 3.8) is 0 Å². The summed E-state index contributed by atoms with van der Waals surface area (Å²) in [6.07, 6.45) is 5.49. The van der Waals surface area contributed by atoms with Gasteiger partial charge in [-0.15, -0.1) is 0 Å². The standard InChI is InChI=1S/C13H20N2O2/c1-9-8-14-11(12(15-9)17-3)5-4-10-6-13(2,16)7-10/h8,10,16H,4-7H2,1-3H3. The van der Waals surface area contributed by atoms with Gasteiger partial charge >= 0.3 is 0 Å². The molecule has 1 heterocycles. The van der Waals surface area contributed by atoms with Gasteiger partial charge in [0.25, 0.3) is 0 Å². The third-order valence-electron chi connectivity index (χ3n) is 3.37. The topological polar surface area (TPSA) is 55.2 Å². The summed E-state index contributed by atoms with van der Waals surface area (Å²) >= 11 is 0. The van der Waals surface area contributed by atoms with Gasteiger partial charge in [-0.1, -0.05) is 0 Å². The maximum absolute atomic E-state index is 9.67. The number of aryl methyl sites for hydroxylation is 2. The first-order valence-electron chi connectivity index (χ1n) is 6.09. The molecule has 94 valence electrons. The number of methoxy groups -OCH3 is 1. The number of nitrogens with zero attached hydrogens (tertiary/aromatic N) is 2. The number of aromatic nitrogens is 2. The first kappa shape index (κ1) is 12.3. The van der Waals surface area contributed by atoms with Crippen molar-refractivity contribution < 1.29 is 9.84 Å². The van der Waals surface area contributed by atoms with Gasteiger partial charge in [0.2, 0.25) is 5.88 Å². The summed E-state index contributed by atoms with van der Waals surface area (Å²) < 4.78 is 5.23. The van der Waals surface area contributed by atoms with Gasteiger partial charge in [-0.05, 0) is 45.4 Å². The molecule has 0 aromatic carbocycles. The number of hydrogen-bond acceptors (Lipinski definition) is 4. The van der Waals surface area contributed by atoms with Gasteiger partial charge in [-0.2, -0.15) is 0 Å². The fraction of sp³-hybridized carbons (Fsp3) is 0.692. The van der Waals surface area contributed by atoms with Crippen LogP contribution < -0.4 is 4.74 Å². The quantitative estimate of drug-likeness (QED) is 0.867. The van der Waals surface area contributed by atoms with E-state index in [1.54, 1.807) is 13.3 Å². The van der Waals surface area contributed by atoms with Crippen LogP contribution in [0.5, 0.6) is 5.88 Å². The van der Waals surface area contributed by atoms with Crippen LogP contribution in [0.2, 0.25) is 0 Å². The Hall–Kier alpha value is -1.16. The Morgan fingerprint density at radius 1 is 1.53 bits per heavy atom. The molecular weight excluding hydrogens is 216 g/mol. The van der Waals surface area contributed by atoms with Crippen LogP contribution in [-0.2, 0) is 6.42 Å². The lowest BCUT2D eigenvalue weighted by atomic mass is 9.70. The molecule has 1 aromatic heterocycles. The Morgan fingerprint density at radius 2 is 2.24 bits per heavy atom. The molecule has 4 nitrogen and oxygen atoms in total. The molecule has 1 saturated carbocycles. The molecule has 1 aliphatic carbocycles. The van der Waals surface area contributed by atoms with E-state index in [9.17, 15) is 5.11 Å². The maximum Gasteiger partial charge on any atom is 0.235 e. The van der Waals surface area contributed by atoms with E-state index in [2.05, 4.69) is 9.97 Å². The molecule has 0 bridgehead atoms. The minimum atomic E-state index is -0.437. The molecule has 2 rings (SSSR count). The van der Waals surface area contributed by atoms with Gasteiger partial charge in [0.1, 0.15) is 5.69 Å². The zero-order chi connectivity index (χ0) is 12.5. The molecule has 1 N–H and O–H groups in total. The van der Waals surface area contributed by atoms with Crippen molar-refractivity contribution >= 4 is 0 Å². The minimum Gasteiger partial charge on any atom is -0.480 e. The van der Waals surface area contributed by atoms with Gasteiger partial charge in [0, 0.05) is 6.20 Å². The van der Waals surface area contributed by atoms with Crippen molar-refractivity contribution in [1.29, 1.82) is 0 Å². The van der Waals surface area contributed by atoms with Gasteiger partial charge in [0.05, 0.1) is 18.4 Å². The number of aliphatic hydroxyl groups is 1. The van der Waals surface area contributed by atoms with E-state index < -0.39 is 5.60 Å². The lowest BCUT2D eigenvalue weighted by molar-refractivity contribution is -0.0591. The summed E-state index contributed by atoms with van der Waals surface area (Å²) in [5.41, 5.74) is 1.36. The van der Waals surface area contributed by atoms with Crippen LogP contribution in [0.25, 0.3) is 0 Å². The summed E-state index contributed by atoms with van der Waals surface area (Å²) in [4.78, 5) is 8.67. The van der Waals surface area contributed by atoms with Gasteiger partial charge in [0.15, 0.2) is 0 Å². The zero-order valence-electron chi connectivity index (χ0n) is 10.7. The summed E-state index contributed by atoms with van der Waals surface area (Å²) in [5.74, 6) is 1.24. The normalized spacial score (nSPS) is 27.6. The Balaban J connectivity index is 1.91. The molecule has 1 fully saturated rings. The molecule has 17 heavy (non-hydrogen) atoms. The summed E-state index contributed by atoms with van der Waals surface area (Å²) in [5, 5.41) is 9.67. The van der Waals surface area contributed by atoms with Crippen molar-refractivity contribution in [2.45, 2.75) is 45.1 Å². The molecule has 0 saturated heterocycles.